The molecule has 1 N–H and O–H groups in total. The molecule has 0 saturated carbocycles. The number of amides is 2. The molecule has 3 atom stereocenters. The second-order valence-corrected chi connectivity index (χ2v) is 12.8. The van der Waals surface area contributed by atoms with Gasteiger partial charge in [0.25, 0.3) is 0 Å². The highest BCUT2D eigenvalue weighted by atomic mass is 19.1. The Kier molecular flexibility index (Phi) is 9.29. The van der Waals surface area contributed by atoms with Crippen LogP contribution in [0.25, 0.3) is 0 Å². The van der Waals surface area contributed by atoms with Gasteiger partial charge < -0.3 is 15.0 Å². The number of ketones is 1. The smallest absolute Gasteiger partial charge is 0.247 e. The summed E-state index contributed by atoms with van der Waals surface area (Å²) in [6, 6.07) is 28.2. The van der Waals surface area contributed by atoms with E-state index in [-0.39, 0.29) is 35.9 Å². The molecule has 0 radical (unpaired) electrons. The molecule has 1 aliphatic carbocycles. The number of halogens is 1. The summed E-state index contributed by atoms with van der Waals surface area (Å²) >= 11 is 0. The molecule has 6 nitrogen and oxygen atoms in total. The van der Waals surface area contributed by atoms with Crippen LogP contribution in [0, 0.1) is 17.7 Å². The predicted molar refractivity (Wildman–Crippen MR) is 174 cm³/mol. The Morgan fingerprint density at radius 3 is 2.17 bits per heavy atom. The van der Waals surface area contributed by atoms with Gasteiger partial charge in [-0.2, -0.15) is 0 Å². The standard InChI is InChI=1S/C39H39FN2O4/c1-25(2)20-33-38(44)41-36(31-21-28-12-6-7-13-29(28)22-31)39(45)42(33)37(27-16-18-32(40)19-17-27)34(43)23-30-14-8-9-15-35(30)46-24-26-10-4-3-5-11-26/h3-19,25,31,33,36-37H,20-24H2,1-2H3,(H,41,44)/t33-,36-,37-/m1/s1. The number of nitrogens with one attached hydrogen (secondary N) is 1. The number of para-hydroxylation sites is 1. The van der Waals surface area contributed by atoms with Crippen LogP contribution < -0.4 is 10.1 Å². The van der Waals surface area contributed by atoms with E-state index in [1.807, 2.05) is 80.6 Å². The molecule has 2 amide bonds. The fraction of sp³-hybridized carbons (Fsp3) is 0.308. The van der Waals surface area contributed by atoms with Crippen LogP contribution in [0.5, 0.6) is 5.75 Å². The minimum absolute atomic E-state index is 0.0354. The van der Waals surface area contributed by atoms with Crippen LogP contribution in [0.15, 0.2) is 103 Å². The molecule has 1 fully saturated rings. The van der Waals surface area contributed by atoms with Crippen LogP contribution in [0.1, 0.15) is 54.1 Å². The lowest BCUT2D eigenvalue weighted by Crippen LogP contribution is -2.66. The van der Waals surface area contributed by atoms with Gasteiger partial charge in [0.2, 0.25) is 11.8 Å². The van der Waals surface area contributed by atoms with Gasteiger partial charge in [0, 0.05) is 12.0 Å². The fourth-order valence-corrected chi connectivity index (χ4v) is 6.83. The van der Waals surface area contributed by atoms with Gasteiger partial charge in [0.1, 0.15) is 36.3 Å². The van der Waals surface area contributed by atoms with Gasteiger partial charge in [-0.15, -0.1) is 0 Å². The summed E-state index contributed by atoms with van der Waals surface area (Å²) in [7, 11) is 0. The van der Waals surface area contributed by atoms with Crippen molar-refractivity contribution in [2.75, 3.05) is 0 Å². The van der Waals surface area contributed by atoms with Crippen molar-refractivity contribution in [3.8, 4) is 5.75 Å². The Balaban J connectivity index is 1.35. The molecule has 46 heavy (non-hydrogen) atoms. The molecule has 0 bridgehead atoms. The average Bonchev–Trinajstić information content (AvgIpc) is 3.49. The summed E-state index contributed by atoms with van der Waals surface area (Å²) in [5.74, 6) is -0.743. The van der Waals surface area contributed by atoms with E-state index < -0.39 is 23.9 Å². The zero-order valence-corrected chi connectivity index (χ0v) is 26.2. The molecule has 7 heteroatoms. The summed E-state index contributed by atoms with van der Waals surface area (Å²) in [6.45, 7) is 4.31. The quantitative estimate of drug-likeness (QED) is 0.211. The zero-order valence-electron chi connectivity index (χ0n) is 26.2. The summed E-state index contributed by atoms with van der Waals surface area (Å²) < 4.78 is 20.3. The first-order chi connectivity index (χ1) is 22.3. The van der Waals surface area contributed by atoms with Crippen LogP contribution in [-0.2, 0) is 40.3 Å². The molecule has 236 valence electrons. The van der Waals surface area contributed by atoms with Gasteiger partial charge in [-0.05, 0) is 71.6 Å². The first kappa shape index (κ1) is 31.2. The Morgan fingerprint density at radius 1 is 0.870 bits per heavy atom. The number of hydrogen-bond acceptors (Lipinski definition) is 4. The van der Waals surface area contributed by atoms with Crippen LogP contribution in [0.2, 0.25) is 0 Å². The third-order valence-corrected chi connectivity index (χ3v) is 9.05. The van der Waals surface area contributed by atoms with Crippen molar-refractivity contribution in [3.05, 3.63) is 137 Å². The van der Waals surface area contributed by atoms with Gasteiger partial charge >= 0.3 is 0 Å². The van der Waals surface area contributed by atoms with E-state index >= 15 is 0 Å². The maximum atomic E-state index is 14.6. The van der Waals surface area contributed by atoms with E-state index in [1.54, 1.807) is 12.1 Å². The van der Waals surface area contributed by atoms with Crippen LogP contribution >= 0.6 is 0 Å². The van der Waals surface area contributed by atoms with Crippen molar-refractivity contribution in [1.29, 1.82) is 0 Å². The highest BCUT2D eigenvalue weighted by molar-refractivity contribution is 6.01. The molecule has 1 heterocycles. The molecule has 2 aliphatic rings. The second-order valence-electron chi connectivity index (χ2n) is 12.8. The van der Waals surface area contributed by atoms with Gasteiger partial charge in [0.05, 0.1) is 0 Å². The summed E-state index contributed by atoms with van der Waals surface area (Å²) in [6.07, 6.45) is 1.68. The number of hydrogen-bond donors (Lipinski definition) is 1. The number of Topliss-reactive ketones (excluding diaryl/α,β-unsaturated/α-hetero) is 1. The Hall–Kier alpha value is -4.78. The lowest BCUT2D eigenvalue weighted by Gasteiger charge is -2.45. The van der Waals surface area contributed by atoms with Crippen molar-refractivity contribution >= 4 is 17.6 Å². The fourth-order valence-electron chi connectivity index (χ4n) is 6.83. The monoisotopic (exact) mass is 618 g/mol. The molecule has 4 aromatic rings. The Labute approximate surface area is 269 Å². The second kappa shape index (κ2) is 13.7. The number of piperazine rings is 1. The number of carbonyl (C=O) groups excluding carboxylic acids is 3. The SMILES string of the molecule is CC(C)C[C@@H]1C(=O)N[C@H](C2Cc3ccccc3C2)C(=O)N1[C@@H](C(=O)Cc1ccccc1OCc1ccccc1)c1ccc(F)cc1. The molecule has 4 aromatic carbocycles. The molecule has 0 unspecified atom stereocenters. The molecule has 1 saturated heterocycles. The summed E-state index contributed by atoms with van der Waals surface area (Å²) in [5.41, 5.74) is 4.48. The summed E-state index contributed by atoms with van der Waals surface area (Å²) in [4.78, 5) is 44.5. The summed E-state index contributed by atoms with van der Waals surface area (Å²) in [5, 5.41) is 3.05. The maximum absolute atomic E-state index is 14.6. The molecule has 6 rings (SSSR count). The molecular formula is C39H39FN2O4. The number of nitrogens with zero attached hydrogens (tertiary/aromatic N) is 1. The number of fused-ring (bicyclic) bond motifs is 1. The van der Waals surface area contributed by atoms with Gasteiger partial charge in [-0.1, -0.05) is 98.8 Å². The third kappa shape index (κ3) is 6.74. The lowest BCUT2D eigenvalue weighted by atomic mass is 9.86. The lowest BCUT2D eigenvalue weighted by molar-refractivity contribution is -0.157. The van der Waals surface area contributed by atoms with Gasteiger partial charge in [-0.25, -0.2) is 4.39 Å². The normalized spacial score (nSPS) is 18.7. The largest absolute Gasteiger partial charge is 0.489 e. The van der Waals surface area contributed by atoms with Crippen LogP contribution in [0.3, 0.4) is 0 Å². The Morgan fingerprint density at radius 2 is 1.50 bits per heavy atom. The van der Waals surface area contributed by atoms with Gasteiger partial charge in [0.15, 0.2) is 5.78 Å². The van der Waals surface area contributed by atoms with Gasteiger partial charge in [-0.3, -0.25) is 14.4 Å². The van der Waals surface area contributed by atoms with Crippen molar-refractivity contribution in [2.24, 2.45) is 11.8 Å². The van der Waals surface area contributed by atoms with Crippen LogP contribution in [-0.4, -0.2) is 34.6 Å². The van der Waals surface area contributed by atoms with Crippen molar-refractivity contribution in [1.82, 2.24) is 10.2 Å². The Bertz CT molecular complexity index is 1680. The van der Waals surface area contributed by atoms with E-state index in [2.05, 4.69) is 17.4 Å². The number of rotatable bonds is 11. The van der Waals surface area contributed by atoms with Crippen molar-refractivity contribution in [2.45, 2.75) is 64.3 Å². The van der Waals surface area contributed by atoms with E-state index in [0.29, 0.717) is 42.7 Å². The molecule has 0 spiro atoms. The minimum Gasteiger partial charge on any atom is -0.489 e. The molecule has 1 aliphatic heterocycles. The molecule has 0 aromatic heterocycles. The highest BCUT2D eigenvalue weighted by Crippen LogP contribution is 2.36. The first-order valence-corrected chi connectivity index (χ1v) is 16.0. The minimum atomic E-state index is -1.09. The van der Waals surface area contributed by atoms with E-state index in [9.17, 15) is 18.8 Å². The van der Waals surface area contributed by atoms with Crippen molar-refractivity contribution in [3.63, 3.8) is 0 Å². The topological polar surface area (TPSA) is 75.7 Å². The first-order valence-electron chi connectivity index (χ1n) is 16.0. The average molecular weight is 619 g/mol. The maximum Gasteiger partial charge on any atom is 0.247 e. The van der Waals surface area contributed by atoms with Crippen LogP contribution in [0.4, 0.5) is 4.39 Å². The number of ether oxygens (including phenoxy) is 1. The number of benzene rings is 4. The van der Waals surface area contributed by atoms with Crippen molar-refractivity contribution < 1.29 is 23.5 Å². The number of carbonyl (C=O) groups is 3. The van der Waals surface area contributed by atoms with E-state index in [1.165, 1.54) is 28.2 Å². The van der Waals surface area contributed by atoms with E-state index in [0.717, 1.165) is 5.56 Å². The zero-order chi connectivity index (χ0) is 32.2. The third-order valence-electron chi connectivity index (χ3n) is 9.05. The predicted octanol–water partition coefficient (Wildman–Crippen LogP) is 6.41. The highest BCUT2D eigenvalue weighted by Gasteiger charge is 2.49. The van der Waals surface area contributed by atoms with E-state index in [4.69, 9.17) is 4.74 Å². The molecular weight excluding hydrogens is 579 g/mol.